The molecule has 0 aliphatic heterocycles. The Bertz CT molecular complexity index is 633. The molecule has 1 N–H and O–H groups in total. The van der Waals surface area contributed by atoms with Gasteiger partial charge in [0.2, 0.25) is 0 Å². The van der Waals surface area contributed by atoms with Gasteiger partial charge < -0.3 is 19.1 Å². The van der Waals surface area contributed by atoms with Gasteiger partial charge in [-0.25, -0.2) is 4.79 Å². The second kappa shape index (κ2) is 7.66. The van der Waals surface area contributed by atoms with E-state index >= 15 is 0 Å². The summed E-state index contributed by atoms with van der Waals surface area (Å²) < 4.78 is 12.1. The van der Waals surface area contributed by atoms with Crippen molar-refractivity contribution in [2.75, 3.05) is 20.8 Å². The van der Waals surface area contributed by atoms with Crippen LogP contribution in [0.1, 0.15) is 23.3 Å². The maximum absolute atomic E-state index is 11.4. The van der Waals surface area contributed by atoms with Crippen molar-refractivity contribution in [3.05, 3.63) is 42.1 Å². The van der Waals surface area contributed by atoms with E-state index in [0.29, 0.717) is 18.8 Å². The summed E-state index contributed by atoms with van der Waals surface area (Å²) in [5.74, 6) is -0.164. The molecule has 2 aromatic rings. The molecule has 1 aromatic heterocycles. The fraction of sp³-hybridized carbons (Fsp3) is 0.353. The lowest BCUT2D eigenvalue weighted by molar-refractivity contribution is 0.0685. The molecule has 22 heavy (non-hydrogen) atoms. The van der Waals surface area contributed by atoms with Crippen LogP contribution in [-0.4, -0.2) is 36.5 Å². The zero-order valence-corrected chi connectivity index (χ0v) is 12.9. The van der Waals surface area contributed by atoms with E-state index in [9.17, 15) is 9.90 Å². The third-order valence-corrected chi connectivity index (χ3v) is 3.55. The molecule has 0 aliphatic carbocycles. The smallest absolute Gasteiger partial charge is 0.352 e. The summed E-state index contributed by atoms with van der Waals surface area (Å²) in [5, 5.41) is 9.36. The third kappa shape index (κ3) is 3.68. The van der Waals surface area contributed by atoms with Gasteiger partial charge in [0.25, 0.3) is 0 Å². The third-order valence-electron chi connectivity index (χ3n) is 3.55. The van der Waals surface area contributed by atoms with Gasteiger partial charge in [-0.05, 0) is 37.1 Å². The molecule has 0 fully saturated rings. The average Bonchev–Trinajstić information content (AvgIpc) is 2.95. The van der Waals surface area contributed by atoms with Crippen LogP contribution in [0.2, 0.25) is 0 Å². The number of ether oxygens (including phenoxy) is 2. The van der Waals surface area contributed by atoms with Crippen molar-refractivity contribution in [2.45, 2.75) is 19.4 Å². The molecule has 1 aromatic carbocycles. The van der Waals surface area contributed by atoms with Gasteiger partial charge in [0.15, 0.2) is 0 Å². The Morgan fingerprint density at radius 1 is 1.18 bits per heavy atom. The SMILES string of the molecule is COCCCCn1c(C(=O)O)ccc1-c1cccc(OC)c1. The van der Waals surface area contributed by atoms with Crippen LogP contribution in [0.3, 0.4) is 0 Å². The predicted molar refractivity (Wildman–Crippen MR) is 84.5 cm³/mol. The molecule has 0 unspecified atom stereocenters. The van der Waals surface area contributed by atoms with Gasteiger partial charge >= 0.3 is 5.97 Å². The highest BCUT2D eigenvalue weighted by Crippen LogP contribution is 2.26. The largest absolute Gasteiger partial charge is 0.497 e. The summed E-state index contributed by atoms with van der Waals surface area (Å²) in [6.07, 6.45) is 1.76. The minimum atomic E-state index is -0.916. The Labute approximate surface area is 130 Å². The zero-order valence-electron chi connectivity index (χ0n) is 12.9. The Morgan fingerprint density at radius 3 is 2.68 bits per heavy atom. The standard InChI is InChI=1S/C17H21NO4/c1-21-11-4-3-10-18-15(8-9-16(18)17(19)20)13-6-5-7-14(12-13)22-2/h5-9,12H,3-4,10-11H2,1-2H3,(H,19,20). The minimum absolute atomic E-state index is 0.301. The van der Waals surface area contributed by atoms with Crippen LogP contribution in [0.5, 0.6) is 5.75 Å². The molecule has 0 amide bonds. The van der Waals surface area contributed by atoms with E-state index in [1.54, 1.807) is 20.3 Å². The summed E-state index contributed by atoms with van der Waals surface area (Å²) >= 11 is 0. The topological polar surface area (TPSA) is 60.7 Å². The van der Waals surface area contributed by atoms with Crippen molar-refractivity contribution in [3.63, 3.8) is 0 Å². The summed E-state index contributed by atoms with van der Waals surface area (Å²) in [4.78, 5) is 11.4. The monoisotopic (exact) mass is 303 g/mol. The summed E-state index contributed by atoms with van der Waals surface area (Å²) in [7, 11) is 3.28. The van der Waals surface area contributed by atoms with Gasteiger partial charge in [0.05, 0.1) is 7.11 Å². The van der Waals surface area contributed by atoms with Crippen molar-refractivity contribution in [3.8, 4) is 17.0 Å². The molecule has 0 atom stereocenters. The number of carboxylic acid groups (broad SMARTS) is 1. The molecule has 2 rings (SSSR count). The predicted octanol–water partition coefficient (Wildman–Crippen LogP) is 3.29. The van der Waals surface area contributed by atoms with Crippen molar-refractivity contribution < 1.29 is 19.4 Å². The highest BCUT2D eigenvalue weighted by molar-refractivity contribution is 5.87. The van der Waals surface area contributed by atoms with Crippen molar-refractivity contribution >= 4 is 5.97 Å². The van der Waals surface area contributed by atoms with Gasteiger partial charge in [-0.15, -0.1) is 0 Å². The number of carbonyl (C=O) groups is 1. The Hall–Kier alpha value is -2.27. The quantitative estimate of drug-likeness (QED) is 0.760. The van der Waals surface area contributed by atoms with E-state index in [-0.39, 0.29) is 0 Å². The van der Waals surface area contributed by atoms with Crippen LogP contribution in [0.25, 0.3) is 11.3 Å². The van der Waals surface area contributed by atoms with Crippen LogP contribution in [0, 0.1) is 0 Å². The number of benzene rings is 1. The molecule has 0 bridgehead atoms. The molecule has 0 spiro atoms. The molecule has 0 aliphatic rings. The fourth-order valence-electron chi connectivity index (χ4n) is 2.45. The van der Waals surface area contributed by atoms with Gasteiger partial charge in [-0.2, -0.15) is 0 Å². The fourth-order valence-corrected chi connectivity index (χ4v) is 2.45. The van der Waals surface area contributed by atoms with Gasteiger partial charge in [0, 0.05) is 31.5 Å². The van der Waals surface area contributed by atoms with Gasteiger partial charge in [-0.3, -0.25) is 0 Å². The molecule has 0 saturated carbocycles. The maximum Gasteiger partial charge on any atom is 0.352 e. The van der Waals surface area contributed by atoms with Crippen LogP contribution in [0.4, 0.5) is 0 Å². The molecule has 5 nitrogen and oxygen atoms in total. The van der Waals surface area contributed by atoms with Crippen LogP contribution < -0.4 is 4.74 Å². The van der Waals surface area contributed by atoms with E-state index in [1.807, 2.05) is 34.9 Å². The molecule has 5 heteroatoms. The first-order chi connectivity index (χ1) is 10.7. The van der Waals surface area contributed by atoms with Crippen molar-refractivity contribution in [1.82, 2.24) is 4.57 Å². The summed E-state index contributed by atoms with van der Waals surface area (Å²) in [5.41, 5.74) is 2.13. The lowest BCUT2D eigenvalue weighted by Gasteiger charge is -2.12. The van der Waals surface area contributed by atoms with Crippen LogP contribution in [-0.2, 0) is 11.3 Å². The first-order valence-corrected chi connectivity index (χ1v) is 7.23. The van der Waals surface area contributed by atoms with E-state index < -0.39 is 5.97 Å². The maximum atomic E-state index is 11.4. The number of rotatable bonds is 8. The number of carboxylic acids is 1. The lowest BCUT2D eigenvalue weighted by Crippen LogP contribution is -2.10. The van der Waals surface area contributed by atoms with Crippen molar-refractivity contribution in [2.24, 2.45) is 0 Å². The van der Waals surface area contributed by atoms with E-state index in [2.05, 4.69) is 0 Å². The van der Waals surface area contributed by atoms with E-state index in [0.717, 1.165) is 29.8 Å². The molecule has 118 valence electrons. The van der Waals surface area contributed by atoms with E-state index in [1.165, 1.54) is 0 Å². The average molecular weight is 303 g/mol. The summed E-state index contributed by atoms with van der Waals surface area (Å²) in [6.45, 7) is 1.32. The van der Waals surface area contributed by atoms with E-state index in [4.69, 9.17) is 9.47 Å². The number of methoxy groups -OCH3 is 2. The number of unbranched alkanes of at least 4 members (excludes halogenated alkanes) is 1. The highest BCUT2D eigenvalue weighted by atomic mass is 16.5. The number of hydrogen-bond donors (Lipinski definition) is 1. The number of hydrogen-bond acceptors (Lipinski definition) is 3. The second-order valence-electron chi connectivity index (χ2n) is 4.99. The number of nitrogens with zero attached hydrogens (tertiary/aromatic N) is 1. The molecule has 1 heterocycles. The first-order valence-electron chi connectivity index (χ1n) is 7.23. The summed E-state index contributed by atoms with van der Waals surface area (Å²) in [6, 6.07) is 11.1. The number of aromatic carboxylic acids is 1. The zero-order chi connectivity index (χ0) is 15.9. The Balaban J connectivity index is 2.31. The van der Waals surface area contributed by atoms with Gasteiger partial charge in [-0.1, -0.05) is 12.1 Å². The number of aromatic nitrogens is 1. The second-order valence-corrected chi connectivity index (χ2v) is 4.99. The van der Waals surface area contributed by atoms with Crippen LogP contribution in [0.15, 0.2) is 36.4 Å². The lowest BCUT2D eigenvalue weighted by atomic mass is 10.1. The highest BCUT2D eigenvalue weighted by Gasteiger charge is 2.15. The van der Waals surface area contributed by atoms with Gasteiger partial charge in [0.1, 0.15) is 11.4 Å². The molecule has 0 saturated heterocycles. The van der Waals surface area contributed by atoms with Crippen molar-refractivity contribution in [1.29, 1.82) is 0 Å². The first kappa shape index (κ1) is 16.1. The normalized spacial score (nSPS) is 10.6. The Kier molecular flexibility index (Phi) is 5.61. The molecular formula is C17H21NO4. The van der Waals surface area contributed by atoms with Crippen LogP contribution >= 0.6 is 0 Å². The minimum Gasteiger partial charge on any atom is -0.497 e. The Morgan fingerprint density at radius 2 is 2.00 bits per heavy atom. The molecular weight excluding hydrogens is 282 g/mol. The molecule has 0 radical (unpaired) electrons.